The van der Waals surface area contributed by atoms with Crippen LogP contribution in [0.4, 0.5) is 5.82 Å². The van der Waals surface area contributed by atoms with Crippen molar-refractivity contribution in [3.8, 4) is 5.75 Å². The topological polar surface area (TPSA) is 95.1 Å². The van der Waals surface area contributed by atoms with Crippen molar-refractivity contribution in [2.45, 2.75) is 23.2 Å². The molecule has 0 unspecified atom stereocenters. The summed E-state index contributed by atoms with van der Waals surface area (Å²) in [6.45, 7) is 0. The molecule has 0 fully saturated rings. The lowest BCUT2D eigenvalue weighted by atomic mass is 9.87. The van der Waals surface area contributed by atoms with Gasteiger partial charge in [-0.05, 0) is 29.3 Å². The van der Waals surface area contributed by atoms with Crippen LogP contribution in [0.15, 0.2) is 58.5 Å². The largest absolute Gasteiger partial charge is 0.508 e. The number of carbonyl (C=O) groups is 1. The fourth-order valence-corrected chi connectivity index (χ4v) is 4.35. The summed E-state index contributed by atoms with van der Waals surface area (Å²) in [5, 5.41) is 13.5. The molecule has 4 rings (SSSR count). The van der Waals surface area contributed by atoms with Gasteiger partial charge in [0.1, 0.15) is 11.6 Å². The fourth-order valence-electron chi connectivity index (χ4n) is 3.21. The number of H-pyrrole nitrogens is 1. The molecule has 0 saturated heterocycles. The summed E-state index contributed by atoms with van der Waals surface area (Å²) in [5.74, 6) is 0.192. The van der Waals surface area contributed by atoms with E-state index in [1.54, 1.807) is 30.3 Å². The molecular weight excluding hydrogens is 398 g/mol. The number of fused-ring (bicyclic) bond motifs is 1. The zero-order chi connectivity index (χ0) is 19.7. The number of carbonyl (C=O) groups excluding carboxylic acids is 1. The van der Waals surface area contributed by atoms with Crippen LogP contribution in [0, 0.1) is 0 Å². The zero-order valence-corrected chi connectivity index (χ0v) is 16.2. The number of nitrogens with one attached hydrogen (secondary N) is 2. The van der Waals surface area contributed by atoms with Gasteiger partial charge in [0.15, 0.2) is 5.16 Å². The summed E-state index contributed by atoms with van der Waals surface area (Å²) < 4.78 is 0. The van der Waals surface area contributed by atoms with Gasteiger partial charge in [-0.15, -0.1) is 0 Å². The number of hydrogen-bond donors (Lipinski definition) is 3. The molecule has 1 aromatic heterocycles. The van der Waals surface area contributed by atoms with Crippen LogP contribution in [-0.2, 0) is 10.5 Å². The van der Waals surface area contributed by atoms with Gasteiger partial charge in [-0.3, -0.25) is 9.59 Å². The number of aromatic nitrogens is 2. The molecule has 0 saturated carbocycles. The number of thioether (sulfide) groups is 1. The first-order valence-electron chi connectivity index (χ1n) is 8.60. The van der Waals surface area contributed by atoms with Crippen LogP contribution in [0.25, 0.3) is 0 Å². The Bertz CT molecular complexity index is 1120. The number of phenols is 1. The number of hydrogen-bond acceptors (Lipinski definition) is 5. The van der Waals surface area contributed by atoms with Gasteiger partial charge in [-0.25, -0.2) is 4.98 Å². The van der Waals surface area contributed by atoms with E-state index in [4.69, 9.17) is 11.6 Å². The Balaban J connectivity index is 1.67. The molecule has 1 aliphatic heterocycles. The molecule has 0 radical (unpaired) electrons. The van der Waals surface area contributed by atoms with Crippen LogP contribution in [0.2, 0.25) is 5.02 Å². The van der Waals surface area contributed by atoms with Gasteiger partial charge in [0.25, 0.3) is 5.56 Å². The molecule has 3 aromatic rings. The van der Waals surface area contributed by atoms with Gasteiger partial charge in [0.05, 0.1) is 5.56 Å². The first-order chi connectivity index (χ1) is 13.5. The van der Waals surface area contributed by atoms with Gasteiger partial charge in [0.2, 0.25) is 5.91 Å². The zero-order valence-electron chi connectivity index (χ0n) is 14.6. The fraction of sp³-hybridized carbons (Fsp3) is 0.150. The van der Waals surface area contributed by atoms with E-state index in [1.807, 2.05) is 18.2 Å². The quantitative estimate of drug-likeness (QED) is 0.445. The molecular formula is C20H16ClN3O3S. The highest BCUT2D eigenvalue weighted by Gasteiger charge is 2.31. The van der Waals surface area contributed by atoms with Gasteiger partial charge in [0, 0.05) is 23.1 Å². The third-order valence-electron chi connectivity index (χ3n) is 4.52. The van der Waals surface area contributed by atoms with E-state index in [9.17, 15) is 14.7 Å². The number of benzene rings is 2. The average Bonchev–Trinajstić information content (AvgIpc) is 2.66. The molecule has 6 nitrogen and oxygen atoms in total. The van der Waals surface area contributed by atoms with E-state index in [0.717, 1.165) is 5.56 Å². The number of amides is 1. The maximum atomic E-state index is 12.8. The molecule has 8 heteroatoms. The van der Waals surface area contributed by atoms with Crippen molar-refractivity contribution in [1.82, 2.24) is 9.97 Å². The van der Waals surface area contributed by atoms with Gasteiger partial charge >= 0.3 is 0 Å². The Kier molecular flexibility index (Phi) is 5.11. The Labute approximate surface area is 170 Å². The molecule has 3 N–H and O–H groups in total. The Morgan fingerprint density at radius 2 is 2.00 bits per heavy atom. The number of halogens is 1. The minimum atomic E-state index is -0.463. The molecule has 0 spiro atoms. The summed E-state index contributed by atoms with van der Waals surface area (Å²) in [5.41, 5.74) is 1.71. The first-order valence-corrected chi connectivity index (χ1v) is 9.97. The van der Waals surface area contributed by atoms with Crippen molar-refractivity contribution < 1.29 is 9.90 Å². The van der Waals surface area contributed by atoms with E-state index < -0.39 is 5.92 Å². The van der Waals surface area contributed by atoms with E-state index in [-0.39, 0.29) is 29.5 Å². The second-order valence-electron chi connectivity index (χ2n) is 6.41. The minimum absolute atomic E-state index is 0.0846. The van der Waals surface area contributed by atoms with Crippen molar-refractivity contribution in [2.75, 3.05) is 5.32 Å². The van der Waals surface area contributed by atoms with Crippen LogP contribution in [0.3, 0.4) is 0 Å². The van der Waals surface area contributed by atoms with Gasteiger partial charge in [-0.1, -0.05) is 53.7 Å². The van der Waals surface area contributed by atoms with Gasteiger partial charge < -0.3 is 15.4 Å². The van der Waals surface area contributed by atoms with Crippen LogP contribution in [0.1, 0.15) is 29.0 Å². The van der Waals surface area contributed by atoms with Crippen molar-refractivity contribution in [3.63, 3.8) is 0 Å². The summed E-state index contributed by atoms with van der Waals surface area (Å²) in [6, 6.07) is 14.0. The van der Waals surface area contributed by atoms with Crippen LogP contribution in [0.5, 0.6) is 5.75 Å². The van der Waals surface area contributed by atoms with E-state index in [0.29, 0.717) is 27.1 Å². The molecule has 1 atom stereocenters. The van der Waals surface area contributed by atoms with Crippen LogP contribution in [-0.4, -0.2) is 21.0 Å². The summed E-state index contributed by atoms with van der Waals surface area (Å²) >= 11 is 7.51. The smallest absolute Gasteiger partial charge is 0.257 e. The Hall–Kier alpha value is -2.77. The number of aromatic hydroxyl groups is 1. The second kappa shape index (κ2) is 7.69. The summed E-state index contributed by atoms with van der Waals surface area (Å²) in [4.78, 5) is 32.2. The number of anilines is 1. The number of phenolic OH excluding ortho intramolecular Hbond substituents is 1. The Morgan fingerprint density at radius 3 is 2.79 bits per heavy atom. The highest BCUT2D eigenvalue weighted by Crippen LogP contribution is 2.35. The summed E-state index contributed by atoms with van der Waals surface area (Å²) in [7, 11) is 0. The highest BCUT2D eigenvalue weighted by atomic mass is 35.5. The first kappa shape index (κ1) is 18.6. The lowest BCUT2D eigenvalue weighted by Gasteiger charge is -2.24. The van der Waals surface area contributed by atoms with Crippen LogP contribution < -0.4 is 10.9 Å². The molecule has 1 amide bonds. The van der Waals surface area contributed by atoms with E-state index in [2.05, 4.69) is 15.3 Å². The molecule has 1 aliphatic rings. The predicted molar refractivity (Wildman–Crippen MR) is 109 cm³/mol. The third-order valence-corrected chi connectivity index (χ3v) is 5.82. The van der Waals surface area contributed by atoms with Gasteiger partial charge in [-0.2, -0.15) is 0 Å². The second-order valence-corrected chi connectivity index (χ2v) is 7.78. The number of rotatable bonds is 4. The third kappa shape index (κ3) is 3.76. The summed E-state index contributed by atoms with van der Waals surface area (Å²) in [6.07, 6.45) is 0.118. The predicted octanol–water partition coefficient (Wildman–Crippen LogP) is 3.90. The van der Waals surface area contributed by atoms with Crippen molar-refractivity contribution >= 4 is 35.1 Å². The molecule has 0 aliphatic carbocycles. The lowest BCUT2D eigenvalue weighted by Crippen LogP contribution is -2.31. The molecule has 28 heavy (non-hydrogen) atoms. The standard InChI is InChI=1S/C20H16ClN3O3S/c21-15-7-2-1-4-12(15)10-28-20-23-18-17(19(27)24-20)14(9-16(26)22-18)11-5-3-6-13(25)8-11/h1-8,14,25H,9-10H2,(H2,22,23,24,26,27)/t14-/m1/s1. The molecule has 0 bridgehead atoms. The molecule has 2 heterocycles. The van der Waals surface area contributed by atoms with Crippen LogP contribution >= 0.6 is 23.4 Å². The maximum absolute atomic E-state index is 12.8. The Morgan fingerprint density at radius 1 is 1.18 bits per heavy atom. The SMILES string of the molecule is O=C1C[C@H](c2cccc(O)c2)c2c(nc(SCc3ccccc3Cl)[nH]c2=O)N1. The number of nitrogens with zero attached hydrogens (tertiary/aromatic N) is 1. The minimum Gasteiger partial charge on any atom is -0.508 e. The van der Waals surface area contributed by atoms with E-state index in [1.165, 1.54) is 11.8 Å². The molecule has 142 valence electrons. The average molecular weight is 414 g/mol. The highest BCUT2D eigenvalue weighted by molar-refractivity contribution is 7.98. The van der Waals surface area contributed by atoms with Crippen molar-refractivity contribution in [3.05, 3.63) is 80.6 Å². The van der Waals surface area contributed by atoms with Crippen molar-refractivity contribution in [2.24, 2.45) is 0 Å². The van der Waals surface area contributed by atoms with Crippen molar-refractivity contribution in [1.29, 1.82) is 0 Å². The van der Waals surface area contributed by atoms with E-state index >= 15 is 0 Å². The maximum Gasteiger partial charge on any atom is 0.257 e. The number of aromatic amines is 1. The lowest BCUT2D eigenvalue weighted by molar-refractivity contribution is -0.116. The monoisotopic (exact) mass is 413 g/mol. The molecule has 2 aromatic carbocycles. The normalized spacial score (nSPS) is 15.8.